The molecule has 2 rings (SSSR count). The van der Waals surface area contributed by atoms with Crippen LogP contribution >= 0.6 is 24.2 Å². The highest BCUT2D eigenvalue weighted by Crippen LogP contribution is 2.13. The number of rotatable bonds is 6. The van der Waals surface area contributed by atoms with E-state index in [1.807, 2.05) is 43.1 Å². The lowest BCUT2D eigenvalue weighted by atomic mass is 10.1. The van der Waals surface area contributed by atoms with Crippen molar-refractivity contribution >= 4 is 41.7 Å². The second-order valence-corrected chi connectivity index (χ2v) is 6.88. The third-order valence-electron chi connectivity index (χ3n) is 4.04. The molecule has 0 unspecified atom stereocenters. The molecule has 1 aliphatic rings. The van der Waals surface area contributed by atoms with Gasteiger partial charge in [-0.1, -0.05) is 17.7 Å². The third kappa shape index (κ3) is 6.71. The first kappa shape index (κ1) is 20.8. The molecule has 134 valence electrons. The summed E-state index contributed by atoms with van der Waals surface area (Å²) in [5.74, 6) is 0.669. The molecule has 1 saturated heterocycles. The number of nitrogens with one attached hydrogen (secondary N) is 2. The maximum absolute atomic E-state index is 12.2. The van der Waals surface area contributed by atoms with Gasteiger partial charge in [-0.2, -0.15) is 0 Å². The van der Waals surface area contributed by atoms with Crippen LogP contribution in [-0.2, 0) is 9.59 Å². The highest BCUT2D eigenvalue weighted by molar-refractivity contribution is 8.00. The number of hydrogen-bond donors (Lipinski definition) is 2. The first-order chi connectivity index (χ1) is 11.1. The maximum Gasteiger partial charge on any atom is 0.234 e. The summed E-state index contributed by atoms with van der Waals surface area (Å²) in [6.45, 7) is 3.94. The zero-order valence-corrected chi connectivity index (χ0v) is 15.8. The van der Waals surface area contributed by atoms with Crippen LogP contribution in [0.1, 0.15) is 18.4 Å². The molecule has 1 aliphatic heterocycles. The number of halogens is 1. The van der Waals surface area contributed by atoms with Gasteiger partial charge in [-0.25, -0.2) is 0 Å². The molecule has 2 amide bonds. The van der Waals surface area contributed by atoms with E-state index in [2.05, 4.69) is 10.6 Å². The Labute approximate surface area is 154 Å². The van der Waals surface area contributed by atoms with Crippen molar-refractivity contribution in [2.45, 2.75) is 25.8 Å². The van der Waals surface area contributed by atoms with Crippen LogP contribution in [-0.4, -0.2) is 54.4 Å². The van der Waals surface area contributed by atoms with E-state index in [1.54, 1.807) is 0 Å². The Morgan fingerprint density at radius 3 is 2.46 bits per heavy atom. The van der Waals surface area contributed by atoms with Crippen molar-refractivity contribution in [1.29, 1.82) is 0 Å². The van der Waals surface area contributed by atoms with Gasteiger partial charge in [0.15, 0.2) is 0 Å². The highest BCUT2D eigenvalue weighted by atomic mass is 35.5. The van der Waals surface area contributed by atoms with Gasteiger partial charge in [0.1, 0.15) is 0 Å². The second kappa shape index (κ2) is 10.6. The van der Waals surface area contributed by atoms with Crippen molar-refractivity contribution < 1.29 is 9.59 Å². The molecule has 0 aliphatic carbocycles. The van der Waals surface area contributed by atoms with Crippen molar-refractivity contribution in [3.05, 3.63) is 29.8 Å². The molecule has 5 nitrogen and oxygen atoms in total. The van der Waals surface area contributed by atoms with E-state index < -0.39 is 0 Å². The van der Waals surface area contributed by atoms with Crippen molar-refractivity contribution in [2.75, 3.05) is 37.0 Å². The van der Waals surface area contributed by atoms with Crippen LogP contribution in [0.5, 0.6) is 0 Å². The van der Waals surface area contributed by atoms with Gasteiger partial charge < -0.3 is 15.5 Å². The van der Waals surface area contributed by atoms with E-state index in [1.165, 1.54) is 11.8 Å². The fourth-order valence-electron chi connectivity index (χ4n) is 2.56. The van der Waals surface area contributed by atoms with Crippen LogP contribution in [0.4, 0.5) is 5.69 Å². The van der Waals surface area contributed by atoms with Crippen LogP contribution in [0.25, 0.3) is 0 Å². The van der Waals surface area contributed by atoms with Crippen LogP contribution < -0.4 is 10.6 Å². The number of benzene rings is 1. The molecule has 0 aromatic heterocycles. The van der Waals surface area contributed by atoms with Gasteiger partial charge in [0.2, 0.25) is 11.8 Å². The van der Waals surface area contributed by atoms with E-state index in [9.17, 15) is 9.59 Å². The highest BCUT2D eigenvalue weighted by Gasteiger charge is 2.21. The number of nitrogens with zero attached hydrogens (tertiary/aromatic N) is 1. The first-order valence-corrected chi connectivity index (χ1v) is 9.12. The fourth-order valence-corrected chi connectivity index (χ4v) is 3.30. The van der Waals surface area contributed by atoms with Crippen LogP contribution in [0, 0.1) is 6.92 Å². The summed E-state index contributed by atoms with van der Waals surface area (Å²) in [5, 5.41) is 6.14. The van der Waals surface area contributed by atoms with E-state index in [0.717, 1.165) is 37.2 Å². The Balaban J connectivity index is 0.00000288. The quantitative estimate of drug-likeness (QED) is 0.805. The van der Waals surface area contributed by atoms with Gasteiger partial charge >= 0.3 is 0 Å². The lowest BCUT2D eigenvalue weighted by Gasteiger charge is -2.31. The summed E-state index contributed by atoms with van der Waals surface area (Å²) >= 11 is 1.37. The minimum absolute atomic E-state index is 0. The maximum atomic E-state index is 12.2. The standard InChI is InChI=1S/C17H25N3O2S.ClH/c1-13-3-5-14(6-4-13)19-16(21)11-23-12-17(22)20(2)15-7-9-18-10-8-15;/h3-6,15,18H,7-12H2,1-2H3,(H,19,21);1H. The molecule has 1 fully saturated rings. The average Bonchev–Trinajstić information content (AvgIpc) is 2.57. The van der Waals surface area contributed by atoms with Gasteiger partial charge in [-0.3, -0.25) is 9.59 Å². The monoisotopic (exact) mass is 371 g/mol. The van der Waals surface area contributed by atoms with E-state index in [4.69, 9.17) is 0 Å². The Kier molecular flexibility index (Phi) is 9.18. The van der Waals surface area contributed by atoms with Crippen molar-refractivity contribution in [3.8, 4) is 0 Å². The molecule has 1 aromatic rings. The van der Waals surface area contributed by atoms with Gasteiger partial charge in [0.05, 0.1) is 11.5 Å². The summed E-state index contributed by atoms with van der Waals surface area (Å²) in [6, 6.07) is 8.01. The van der Waals surface area contributed by atoms with E-state index in [0.29, 0.717) is 17.5 Å². The summed E-state index contributed by atoms with van der Waals surface area (Å²) in [5.41, 5.74) is 1.95. The molecule has 24 heavy (non-hydrogen) atoms. The second-order valence-electron chi connectivity index (χ2n) is 5.89. The molecule has 1 heterocycles. The largest absolute Gasteiger partial charge is 0.342 e. The van der Waals surface area contributed by atoms with Crippen LogP contribution in [0.15, 0.2) is 24.3 Å². The van der Waals surface area contributed by atoms with Gasteiger partial charge in [-0.05, 0) is 45.0 Å². The molecule has 7 heteroatoms. The Morgan fingerprint density at radius 1 is 1.21 bits per heavy atom. The van der Waals surface area contributed by atoms with E-state index in [-0.39, 0.29) is 24.2 Å². The molecule has 0 spiro atoms. The number of aryl methyl sites for hydroxylation is 1. The number of anilines is 1. The fraction of sp³-hybridized carbons (Fsp3) is 0.529. The number of hydrogen-bond acceptors (Lipinski definition) is 4. The molecule has 1 aromatic carbocycles. The zero-order chi connectivity index (χ0) is 16.7. The molecular weight excluding hydrogens is 346 g/mol. The summed E-state index contributed by atoms with van der Waals surface area (Å²) in [4.78, 5) is 25.9. The topological polar surface area (TPSA) is 61.4 Å². The SMILES string of the molecule is Cc1ccc(NC(=O)CSCC(=O)N(C)C2CCNCC2)cc1.Cl. The zero-order valence-electron chi connectivity index (χ0n) is 14.2. The summed E-state index contributed by atoms with van der Waals surface area (Å²) < 4.78 is 0. The Bertz CT molecular complexity index is 533. The molecular formula is C17H26ClN3O2S. The minimum atomic E-state index is -0.0730. The number of carbonyl (C=O) groups excluding carboxylic acids is 2. The normalized spacial score (nSPS) is 14.6. The first-order valence-electron chi connectivity index (χ1n) is 7.97. The molecule has 0 saturated carbocycles. The third-order valence-corrected chi connectivity index (χ3v) is 4.96. The lowest BCUT2D eigenvalue weighted by molar-refractivity contribution is -0.129. The van der Waals surface area contributed by atoms with Crippen molar-refractivity contribution in [3.63, 3.8) is 0 Å². The predicted molar refractivity (Wildman–Crippen MR) is 103 cm³/mol. The van der Waals surface area contributed by atoms with Gasteiger partial charge in [0, 0.05) is 18.8 Å². The number of piperidine rings is 1. The van der Waals surface area contributed by atoms with Crippen molar-refractivity contribution in [2.24, 2.45) is 0 Å². The minimum Gasteiger partial charge on any atom is -0.342 e. The number of carbonyl (C=O) groups is 2. The smallest absolute Gasteiger partial charge is 0.234 e. The average molecular weight is 372 g/mol. The van der Waals surface area contributed by atoms with Gasteiger partial charge in [0.25, 0.3) is 0 Å². The summed E-state index contributed by atoms with van der Waals surface area (Å²) in [7, 11) is 1.87. The van der Waals surface area contributed by atoms with Crippen LogP contribution in [0.3, 0.4) is 0 Å². The Morgan fingerprint density at radius 2 is 1.83 bits per heavy atom. The van der Waals surface area contributed by atoms with Gasteiger partial charge in [-0.15, -0.1) is 24.2 Å². The summed E-state index contributed by atoms with van der Waals surface area (Å²) in [6.07, 6.45) is 2.00. The molecule has 0 atom stereocenters. The molecule has 0 radical (unpaired) electrons. The van der Waals surface area contributed by atoms with Crippen LogP contribution in [0.2, 0.25) is 0 Å². The Hall–Kier alpha value is -1.24. The predicted octanol–water partition coefficient (Wildman–Crippen LogP) is 2.30. The van der Waals surface area contributed by atoms with Crippen molar-refractivity contribution in [1.82, 2.24) is 10.2 Å². The lowest BCUT2D eigenvalue weighted by Crippen LogP contribution is -2.44. The number of amides is 2. The molecule has 0 bridgehead atoms. The molecule has 2 N–H and O–H groups in total. The van der Waals surface area contributed by atoms with E-state index >= 15 is 0 Å². The number of thioether (sulfide) groups is 1.